The summed E-state index contributed by atoms with van der Waals surface area (Å²) >= 11 is 0. The summed E-state index contributed by atoms with van der Waals surface area (Å²) in [5.74, 6) is -1.61. The smallest absolute Gasteiger partial charge is 0.339 e. The molecule has 0 bridgehead atoms. The summed E-state index contributed by atoms with van der Waals surface area (Å²) in [6.07, 6.45) is 1.35. The zero-order chi connectivity index (χ0) is 13.7. The highest BCUT2D eigenvalue weighted by Crippen LogP contribution is 2.18. The number of benzene rings is 1. The third-order valence-corrected chi connectivity index (χ3v) is 2.06. The van der Waals surface area contributed by atoms with Gasteiger partial charge in [-0.3, -0.25) is 4.79 Å². The van der Waals surface area contributed by atoms with E-state index in [2.05, 4.69) is 10.1 Å². The van der Waals surface area contributed by atoms with Crippen LogP contribution in [0.25, 0.3) is 0 Å². The maximum Gasteiger partial charge on any atom is 0.339 e. The number of anilines is 1. The first-order valence-electron chi connectivity index (χ1n) is 5.27. The molecule has 96 valence electrons. The van der Waals surface area contributed by atoms with Gasteiger partial charge in [-0.15, -0.1) is 0 Å². The molecule has 0 unspecified atom stereocenters. The second-order valence-electron chi connectivity index (χ2n) is 3.89. The second-order valence-corrected chi connectivity index (χ2v) is 3.89. The quantitative estimate of drug-likeness (QED) is 0.663. The van der Waals surface area contributed by atoms with E-state index in [0.717, 1.165) is 17.7 Å². The van der Waals surface area contributed by atoms with E-state index in [4.69, 9.17) is 0 Å². The van der Waals surface area contributed by atoms with E-state index < -0.39 is 17.7 Å². The number of hydrogen-bond donors (Lipinski definition) is 1. The van der Waals surface area contributed by atoms with Crippen LogP contribution in [0.1, 0.15) is 24.2 Å². The Bertz CT molecular complexity index is 505. The summed E-state index contributed by atoms with van der Waals surface area (Å²) in [6, 6.07) is 3.46. The van der Waals surface area contributed by atoms with Crippen molar-refractivity contribution in [3.8, 4) is 0 Å². The molecule has 0 saturated carbocycles. The summed E-state index contributed by atoms with van der Waals surface area (Å²) < 4.78 is 17.7. The van der Waals surface area contributed by atoms with Crippen molar-refractivity contribution in [1.29, 1.82) is 0 Å². The molecule has 0 atom stereocenters. The lowest BCUT2D eigenvalue weighted by Gasteiger charge is -2.08. The average molecular weight is 251 g/mol. The van der Waals surface area contributed by atoms with E-state index in [-0.39, 0.29) is 11.3 Å². The molecule has 0 radical (unpaired) electrons. The molecule has 1 rings (SSSR count). The Balaban J connectivity index is 3.06. The molecule has 1 aromatic rings. The Labute approximate surface area is 104 Å². The van der Waals surface area contributed by atoms with Crippen molar-refractivity contribution in [3.63, 3.8) is 0 Å². The van der Waals surface area contributed by atoms with Crippen LogP contribution in [0, 0.1) is 5.82 Å². The summed E-state index contributed by atoms with van der Waals surface area (Å²) in [6.45, 7) is 3.51. The Hall–Kier alpha value is -2.17. The van der Waals surface area contributed by atoms with E-state index in [1.54, 1.807) is 13.8 Å². The summed E-state index contributed by atoms with van der Waals surface area (Å²) in [4.78, 5) is 23.0. The number of halogens is 1. The van der Waals surface area contributed by atoms with Crippen LogP contribution in [0.3, 0.4) is 0 Å². The molecule has 1 N–H and O–H groups in total. The van der Waals surface area contributed by atoms with E-state index in [9.17, 15) is 14.0 Å². The first kappa shape index (κ1) is 13.9. The molecule has 0 aromatic heterocycles. The molecule has 0 aliphatic rings. The monoisotopic (exact) mass is 251 g/mol. The van der Waals surface area contributed by atoms with Crippen LogP contribution in [0.15, 0.2) is 29.8 Å². The zero-order valence-electron chi connectivity index (χ0n) is 10.4. The number of carbonyl (C=O) groups is 2. The molecule has 18 heavy (non-hydrogen) atoms. The molecule has 4 nitrogen and oxygen atoms in total. The van der Waals surface area contributed by atoms with Crippen molar-refractivity contribution in [3.05, 3.63) is 41.2 Å². The van der Waals surface area contributed by atoms with Gasteiger partial charge in [-0.05, 0) is 32.0 Å². The maximum atomic E-state index is 13.1. The number of amides is 1. The van der Waals surface area contributed by atoms with Gasteiger partial charge in [0.1, 0.15) is 5.82 Å². The number of rotatable bonds is 3. The van der Waals surface area contributed by atoms with Gasteiger partial charge in [-0.1, -0.05) is 5.57 Å². The lowest BCUT2D eigenvalue weighted by Crippen LogP contribution is -2.13. The van der Waals surface area contributed by atoms with Gasteiger partial charge in [0.2, 0.25) is 5.91 Å². The minimum atomic E-state index is -0.637. The molecule has 0 fully saturated rings. The fourth-order valence-corrected chi connectivity index (χ4v) is 1.34. The van der Waals surface area contributed by atoms with Crippen molar-refractivity contribution >= 4 is 17.6 Å². The first-order valence-corrected chi connectivity index (χ1v) is 5.27. The van der Waals surface area contributed by atoms with Crippen LogP contribution in [-0.2, 0) is 9.53 Å². The zero-order valence-corrected chi connectivity index (χ0v) is 10.4. The predicted octanol–water partition coefficient (Wildman–Crippen LogP) is 2.52. The number of methoxy groups -OCH3 is 1. The Morgan fingerprint density at radius 1 is 1.33 bits per heavy atom. The molecule has 0 saturated heterocycles. The van der Waals surface area contributed by atoms with Crippen LogP contribution >= 0.6 is 0 Å². The molecule has 0 aliphatic heterocycles. The van der Waals surface area contributed by atoms with Gasteiger partial charge in [0.25, 0.3) is 0 Å². The van der Waals surface area contributed by atoms with Crippen LogP contribution in [0.4, 0.5) is 10.1 Å². The Kier molecular flexibility index (Phi) is 4.59. The molecule has 0 heterocycles. The van der Waals surface area contributed by atoms with Crippen molar-refractivity contribution in [2.24, 2.45) is 0 Å². The highest BCUT2D eigenvalue weighted by Gasteiger charge is 2.14. The molecular formula is C13H14FNO3. The number of carbonyl (C=O) groups excluding carboxylic acids is 2. The molecule has 1 aromatic carbocycles. The van der Waals surface area contributed by atoms with Gasteiger partial charge in [0.15, 0.2) is 0 Å². The molecule has 1 amide bonds. The molecule has 0 aliphatic carbocycles. The van der Waals surface area contributed by atoms with Gasteiger partial charge in [-0.2, -0.15) is 0 Å². The van der Waals surface area contributed by atoms with E-state index >= 15 is 0 Å². The highest BCUT2D eigenvalue weighted by atomic mass is 19.1. The number of ether oxygens (including phenoxy) is 1. The second kappa shape index (κ2) is 5.95. The number of allylic oxidation sites excluding steroid dienone is 1. The van der Waals surface area contributed by atoms with Crippen LogP contribution in [0.2, 0.25) is 0 Å². The van der Waals surface area contributed by atoms with Gasteiger partial charge in [0, 0.05) is 6.08 Å². The van der Waals surface area contributed by atoms with Crippen molar-refractivity contribution < 1.29 is 18.7 Å². The fraction of sp³-hybridized carbons (Fsp3) is 0.231. The standard InChI is InChI=1S/C13H14FNO3/c1-8(2)6-12(16)15-11-7-9(14)4-5-10(11)13(17)18-3/h4-7H,1-3H3,(H,15,16). The number of esters is 1. The number of hydrogen-bond acceptors (Lipinski definition) is 3. The predicted molar refractivity (Wildman–Crippen MR) is 65.8 cm³/mol. The topological polar surface area (TPSA) is 55.4 Å². The lowest BCUT2D eigenvalue weighted by molar-refractivity contribution is -0.111. The van der Waals surface area contributed by atoms with Gasteiger partial charge in [-0.25, -0.2) is 9.18 Å². The van der Waals surface area contributed by atoms with E-state index in [1.165, 1.54) is 19.3 Å². The summed E-state index contributed by atoms with van der Waals surface area (Å²) in [7, 11) is 1.22. The Morgan fingerprint density at radius 3 is 2.56 bits per heavy atom. The van der Waals surface area contributed by atoms with E-state index in [0.29, 0.717) is 0 Å². The maximum absolute atomic E-state index is 13.1. The fourth-order valence-electron chi connectivity index (χ4n) is 1.34. The van der Waals surface area contributed by atoms with Gasteiger partial charge >= 0.3 is 5.97 Å². The highest BCUT2D eigenvalue weighted by molar-refractivity contribution is 6.05. The SMILES string of the molecule is COC(=O)c1ccc(F)cc1NC(=O)C=C(C)C. The van der Waals surface area contributed by atoms with Gasteiger partial charge in [0.05, 0.1) is 18.4 Å². The van der Waals surface area contributed by atoms with Crippen LogP contribution in [0.5, 0.6) is 0 Å². The van der Waals surface area contributed by atoms with Gasteiger partial charge < -0.3 is 10.1 Å². The molecule has 0 spiro atoms. The average Bonchev–Trinajstić information content (AvgIpc) is 2.27. The minimum absolute atomic E-state index is 0.0874. The van der Waals surface area contributed by atoms with Crippen LogP contribution < -0.4 is 5.32 Å². The van der Waals surface area contributed by atoms with Crippen molar-refractivity contribution in [1.82, 2.24) is 0 Å². The third kappa shape index (κ3) is 3.69. The summed E-state index contributed by atoms with van der Waals surface area (Å²) in [5.41, 5.74) is 0.988. The van der Waals surface area contributed by atoms with Crippen LogP contribution in [-0.4, -0.2) is 19.0 Å². The normalized spacial score (nSPS) is 9.56. The first-order chi connectivity index (χ1) is 8.43. The Morgan fingerprint density at radius 2 is 2.00 bits per heavy atom. The minimum Gasteiger partial charge on any atom is -0.465 e. The van der Waals surface area contributed by atoms with Crippen molar-refractivity contribution in [2.45, 2.75) is 13.8 Å². The third-order valence-electron chi connectivity index (χ3n) is 2.06. The van der Waals surface area contributed by atoms with E-state index in [1.807, 2.05) is 0 Å². The largest absolute Gasteiger partial charge is 0.465 e. The number of nitrogens with one attached hydrogen (secondary N) is 1. The molecular weight excluding hydrogens is 237 g/mol. The van der Waals surface area contributed by atoms with Crippen molar-refractivity contribution in [2.75, 3.05) is 12.4 Å². The lowest BCUT2D eigenvalue weighted by atomic mass is 10.1. The molecule has 5 heteroatoms. The summed E-state index contributed by atoms with van der Waals surface area (Å²) in [5, 5.41) is 2.44.